The summed E-state index contributed by atoms with van der Waals surface area (Å²) in [7, 11) is 1.91. The van der Waals surface area contributed by atoms with Gasteiger partial charge in [-0.1, -0.05) is 26.8 Å². The van der Waals surface area contributed by atoms with Gasteiger partial charge in [0.15, 0.2) is 11.5 Å². The zero-order valence-corrected chi connectivity index (χ0v) is 24.9. The summed E-state index contributed by atoms with van der Waals surface area (Å²) in [5.41, 5.74) is 1.43. The van der Waals surface area contributed by atoms with Gasteiger partial charge in [0, 0.05) is 42.0 Å². The molecule has 2 heterocycles. The lowest BCUT2D eigenvalue weighted by Crippen LogP contribution is -2.83. The number of hydrogen-bond acceptors (Lipinski definition) is 5. The minimum absolute atomic E-state index is 0.0928. The molecule has 2 spiro atoms. The van der Waals surface area contributed by atoms with Crippen molar-refractivity contribution in [3.05, 3.63) is 23.3 Å². The van der Waals surface area contributed by atoms with Crippen LogP contribution < -0.4 is 4.74 Å². The van der Waals surface area contributed by atoms with Gasteiger partial charge in [0.25, 0.3) is 0 Å². The number of rotatable bonds is 5. The molecular formula is C33H49NO4. The molecule has 4 bridgehead atoms. The standard InChI is InChI=1S/C33H49NO4/c1-28(2,3)30(7,38-29(4,5)6)23-18-31-13-14-33(23,36-8)27-32(31)15-16-34(19-20-9-10-20)24(31)17-21-11-12-22(35)26(37-27)25(21)32/h11-12,20,23-24,27,35H,9-10,13-19H2,1-8H3/t23-,24-,27?,30+,31-,32?,33+/m1/s1. The maximum atomic E-state index is 11.1. The molecule has 8 rings (SSSR count). The fraction of sp³-hybridized carbons (Fsp3) is 0.818. The molecule has 5 nitrogen and oxygen atoms in total. The Morgan fingerprint density at radius 2 is 1.79 bits per heavy atom. The van der Waals surface area contributed by atoms with Gasteiger partial charge in [0.05, 0.1) is 11.2 Å². The van der Waals surface area contributed by atoms with Crippen molar-refractivity contribution < 1.29 is 19.3 Å². The molecule has 7 atom stereocenters. The van der Waals surface area contributed by atoms with Crippen LogP contribution in [-0.4, -0.2) is 59.2 Å². The fourth-order valence-corrected chi connectivity index (χ4v) is 10.4. The minimum atomic E-state index is -0.474. The van der Waals surface area contributed by atoms with E-state index in [-0.39, 0.29) is 33.9 Å². The van der Waals surface area contributed by atoms with Crippen molar-refractivity contribution in [1.29, 1.82) is 0 Å². The molecule has 1 N–H and O–H groups in total. The summed E-state index contributed by atoms with van der Waals surface area (Å²) in [4.78, 5) is 2.88. The molecule has 0 aromatic heterocycles. The highest BCUT2D eigenvalue weighted by Crippen LogP contribution is 2.78. The van der Waals surface area contributed by atoms with E-state index < -0.39 is 11.2 Å². The number of nitrogens with zero attached hydrogens (tertiary/aromatic N) is 1. The van der Waals surface area contributed by atoms with Crippen molar-refractivity contribution >= 4 is 0 Å². The Labute approximate surface area is 229 Å². The Morgan fingerprint density at radius 1 is 1.05 bits per heavy atom. The topological polar surface area (TPSA) is 51.2 Å². The lowest BCUT2D eigenvalue weighted by Gasteiger charge is -2.76. The zero-order chi connectivity index (χ0) is 27.1. The molecule has 0 amide bonds. The molecule has 1 aromatic rings. The third-order valence-corrected chi connectivity index (χ3v) is 12.3. The summed E-state index contributed by atoms with van der Waals surface area (Å²) in [6, 6.07) is 4.58. The molecule has 210 valence electrons. The van der Waals surface area contributed by atoms with Crippen molar-refractivity contribution in [2.45, 2.75) is 128 Å². The molecule has 0 radical (unpaired) electrons. The Hall–Kier alpha value is -1.30. The van der Waals surface area contributed by atoms with Gasteiger partial charge in [-0.2, -0.15) is 0 Å². The van der Waals surface area contributed by atoms with E-state index in [0.29, 0.717) is 11.8 Å². The van der Waals surface area contributed by atoms with Gasteiger partial charge in [-0.05, 0) is 102 Å². The molecule has 4 saturated carbocycles. The molecule has 1 aromatic carbocycles. The van der Waals surface area contributed by atoms with E-state index in [1.165, 1.54) is 30.5 Å². The van der Waals surface area contributed by atoms with Crippen LogP contribution >= 0.6 is 0 Å². The second-order valence-electron chi connectivity index (χ2n) is 16.0. The monoisotopic (exact) mass is 523 g/mol. The summed E-state index contributed by atoms with van der Waals surface area (Å²) in [6.07, 6.45) is 8.05. The maximum Gasteiger partial charge on any atom is 0.165 e. The van der Waals surface area contributed by atoms with Gasteiger partial charge >= 0.3 is 0 Å². The van der Waals surface area contributed by atoms with Crippen LogP contribution in [0, 0.1) is 22.7 Å². The molecule has 5 heteroatoms. The second kappa shape index (κ2) is 7.50. The summed E-state index contributed by atoms with van der Waals surface area (Å²) in [5, 5.41) is 11.1. The molecule has 5 aliphatic carbocycles. The Kier molecular flexibility index (Phi) is 5.06. The van der Waals surface area contributed by atoms with Crippen LogP contribution in [-0.2, 0) is 21.3 Å². The van der Waals surface area contributed by atoms with Crippen molar-refractivity contribution in [3.63, 3.8) is 0 Å². The van der Waals surface area contributed by atoms with E-state index in [1.54, 1.807) is 0 Å². The van der Waals surface area contributed by atoms with Crippen molar-refractivity contribution in [1.82, 2.24) is 4.90 Å². The number of phenols is 1. The Bertz CT molecular complexity index is 1160. The number of fused-ring (bicyclic) bond motifs is 2. The van der Waals surface area contributed by atoms with E-state index in [9.17, 15) is 5.11 Å². The van der Waals surface area contributed by atoms with Crippen molar-refractivity contribution in [3.8, 4) is 11.5 Å². The lowest BCUT2D eigenvalue weighted by molar-refractivity contribution is -0.329. The number of methoxy groups -OCH3 is 1. The predicted octanol–water partition coefficient (Wildman–Crippen LogP) is 6.24. The van der Waals surface area contributed by atoms with Gasteiger partial charge < -0.3 is 19.3 Å². The number of ether oxygens (including phenoxy) is 3. The normalized spacial score (nSPS) is 41.0. The van der Waals surface area contributed by atoms with Gasteiger partial charge in [-0.15, -0.1) is 0 Å². The molecule has 1 saturated heterocycles. The summed E-state index contributed by atoms with van der Waals surface area (Å²) >= 11 is 0. The number of hydrogen-bond donors (Lipinski definition) is 1. The highest BCUT2D eigenvalue weighted by Gasteiger charge is 2.82. The van der Waals surface area contributed by atoms with Crippen molar-refractivity contribution in [2.75, 3.05) is 20.2 Å². The van der Waals surface area contributed by atoms with E-state index >= 15 is 0 Å². The number of likely N-dealkylation sites (tertiary alicyclic amines) is 1. The second-order valence-corrected chi connectivity index (χ2v) is 16.0. The van der Waals surface area contributed by atoms with Crippen LogP contribution in [0.15, 0.2) is 12.1 Å². The van der Waals surface area contributed by atoms with Crippen LogP contribution in [0.3, 0.4) is 0 Å². The first-order chi connectivity index (χ1) is 17.7. The quantitative estimate of drug-likeness (QED) is 0.495. The molecular weight excluding hydrogens is 474 g/mol. The van der Waals surface area contributed by atoms with Crippen LogP contribution in [0.25, 0.3) is 0 Å². The lowest BCUT2D eigenvalue weighted by atomic mass is 9.33. The summed E-state index contributed by atoms with van der Waals surface area (Å²) < 4.78 is 21.1. The minimum Gasteiger partial charge on any atom is -0.504 e. The zero-order valence-electron chi connectivity index (χ0n) is 24.9. The smallest absolute Gasteiger partial charge is 0.165 e. The summed E-state index contributed by atoms with van der Waals surface area (Å²) in [6.45, 7) is 18.3. The average molecular weight is 524 g/mol. The molecule has 7 aliphatic rings. The van der Waals surface area contributed by atoms with Gasteiger partial charge in [0.1, 0.15) is 11.7 Å². The predicted molar refractivity (Wildman–Crippen MR) is 149 cm³/mol. The number of benzene rings is 1. The van der Waals surface area contributed by atoms with Crippen molar-refractivity contribution in [2.24, 2.45) is 22.7 Å². The van der Waals surface area contributed by atoms with Crippen LogP contribution in [0.2, 0.25) is 0 Å². The van der Waals surface area contributed by atoms with Crippen LogP contribution in [0.4, 0.5) is 0 Å². The Balaban J connectivity index is 1.46. The SMILES string of the molecule is CO[C@@]12CC[C@@]3(C[C@@H]1[C@](C)(OC(C)(C)C)C(C)(C)C)[C@H]1Cc4ccc(O)c5c4C3(CCN1CC1CC1)C2O5. The van der Waals surface area contributed by atoms with Gasteiger partial charge in [-0.3, -0.25) is 4.90 Å². The maximum absolute atomic E-state index is 11.1. The Morgan fingerprint density at radius 3 is 2.42 bits per heavy atom. The van der Waals surface area contributed by atoms with E-state index in [1.807, 2.05) is 13.2 Å². The first-order valence-corrected chi connectivity index (χ1v) is 15.2. The van der Waals surface area contributed by atoms with Gasteiger partial charge in [-0.25, -0.2) is 0 Å². The molecule has 38 heavy (non-hydrogen) atoms. The molecule has 2 aliphatic heterocycles. The van der Waals surface area contributed by atoms with E-state index in [4.69, 9.17) is 14.2 Å². The summed E-state index contributed by atoms with van der Waals surface area (Å²) in [5.74, 6) is 2.10. The third-order valence-electron chi connectivity index (χ3n) is 12.3. The first-order valence-electron chi connectivity index (χ1n) is 15.2. The number of phenolic OH excluding ortho intramolecular Hbond substituents is 1. The largest absolute Gasteiger partial charge is 0.504 e. The highest BCUT2D eigenvalue weighted by atomic mass is 16.6. The molecule has 2 unspecified atom stereocenters. The van der Waals surface area contributed by atoms with Crippen LogP contribution in [0.5, 0.6) is 11.5 Å². The first kappa shape index (κ1) is 25.7. The highest BCUT2D eigenvalue weighted by molar-refractivity contribution is 5.63. The molecule has 5 fully saturated rings. The van der Waals surface area contributed by atoms with Gasteiger partial charge in [0.2, 0.25) is 0 Å². The average Bonchev–Trinajstić information content (AvgIpc) is 3.57. The van der Waals surface area contributed by atoms with E-state index in [2.05, 4.69) is 59.4 Å². The fourth-order valence-electron chi connectivity index (χ4n) is 10.4. The number of aromatic hydroxyl groups is 1. The number of piperidine rings is 1. The van der Waals surface area contributed by atoms with Crippen LogP contribution in [0.1, 0.15) is 98.1 Å². The third kappa shape index (κ3) is 2.94. The van der Waals surface area contributed by atoms with E-state index in [0.717, 1.165) is 50.3 Å².